The number of phenolic OH excluding ortho intramolecular Hbond substituents is 2. The van der Waals surface area contributed by atoms with Crippen molar-refractivity contribution in [3.63, 3.8) is 0 Å². The van der Waals surface area contributed by atoms with E-state index in [0.717, 1.165) is 24.0 Å². The fourth-order valence-corrected chi connectivity index (χ4v) is 7.59. The van der Waals surface area contributed by atoms with Crippen molar-refractivity contribution in [3.05, 3.63) is 58.7 Å². The van der Waals surface area contributed by atoms with Gasteiger partial charge in [-0.05, 0) is 60.4 Å². The van der Waals surface area contributed by atoms with Crippen LogP contribution in [-0.4, -0.2) is 122 Å². The predicted octanol–water partition coefficient (Wildman–Crippen LogP) is 4.01. The van der Waals surface area contributed by atoms with Crippen LogP contribution in [0.3, 0.4) is 0 Å². The number of hydrogen-bond donors (Lipinski definition) is 2. The molecule has 0 aliphatic rings. The Kier molecular flexibility index (Phi) is 16.9. The monoisotopic (exact) mass is 646 g/mol. The van der Waals surface area contributed by atoms with Crippen LogP contribution < -0.4 is 0 Å². The highest BCUT2D eigenvalue weighted by Crippen LogP contribution is 2.18. The first-order valence-corrected chi connectivity index (χ1v) is 18.1. The molecule has 0 heterocycles. The van der Waals surface area contributed by atoms with E-state index in [1.807, 2.05) is 12.1 Å². The van der Waals surface area contributed by atoms with E-state index < -0.39 is 17.6 Å². The van der Waals surface area contributed by atoms with Crippen molar-refractivity contribution in [2.24, 2.45) is 20.0 Å². The van der Waals surface area contributed by atoms with Crippen molar-refractivity contribution < 1.29 is 36.8 Å². The van der Waals surface area contributed by atoms with Gasteiger partial charge in [-0.3, -0.25) is 20.0 Å². The van der Waals surface area contributed by atoms with Crippen LogP contribution in [0, 0.1) is 0 Å². The summed E-state index contributed by atoms with van der Waals surface area (Å²) in [6.07, 6.45) is 8.29. The standard InChI is InChI=1S/C30H46N4O8Si2/c1-37-43(38-2,39-3)17-7-13-31-21-25-9-11-29(35)27(19-25)23-33-15-16-34-24-28-20-26(10-12-30(28)36)22-32-14-8-18-44(40-4,41-5)42-6/h9-12,19-24,35-36H,7-8,13-18H2,1-6H3. The molecule has 0 atom stereocenters. The predicted molar refractivity (Wildman–Crippen MR) is 178 cm³/mol. The summed E-state index contributed by atoms with van der Waals surface area (Å²) in [5.41, 5.74) is 2.88. The van der Waals surface area contributed by atoms with Gasteiger partial charge in [0.05, 0.1) is 13.1 Å². The molecule has 0 unspecified atom stereocenters. The molecular weight excluding hydrogens is 601 g/mol. The van der Waals surface area contributed by atoms with E-state index >= 15 is 0 Å². The Morgan fingerprint density at radius 3 is 1.20 bits per heavy atom. The lowest BCUT2D eigenvalue weighted by molar-refractivity contribution is 0.122. The molecule has 0 saturated carbocycles. The van der Waals surface area contributed by atoms with Gasteiger partial charge in [0.1, 0.15) is 11.5 Å². The lowest BCUT2D eigenvalue weighted by Crippen LogP contribution is -2.42. The molecule has 2 aromatic carbocycles. The van der Waals surface area contributed by atoms with Crippen LogP contribution in [0.2, 0.25) is 12.1 Å². The normalized spacial score (nSPS) is 13.0. The minimum atomic E-state index is -2.59. The van der Waals surface area contributed by atoms with Crippen LogP contribution in [0.25, 0.3) is 0 Å². The lowest BCUT2D eigenvalue weighted by atomic mass is 10.1. The first-order chi connectivity index (χ1) is 21.3. The van der Waals surface area contributed by atoms with Gasteiger partial charge < -0.3 is 36.8 Å². The molecule has 0 radical (unpaired) electrons. The maximum absolute atomic E-state index is 10.2. The Morgan fingerprint density at radius 1 is 0.523 bits per heavy atom. The summed E-state index contributed by atoms with van der Waals surface area (Å²) < 4.78 is 32.6. The Balaban J connectivity index is 1.85. The fraction of sp³-hybridized carbons (Fsp3) is 0.467. The maximum atomic E-state index is 10.2. The Morgan fingerprint density at radius 2 is 0.864 bits per heavy atom. The van der Waals surface area contributed by atoms with Gasteiger partial charge in [0.25, 0.3) is 0 Å². The summed E-state index contributed by atoms with van der Waals surface area (Å²) in [5.74, 6) is 0.262. The molecule has 0 amide bonds. The molecule has 242 valence electrons. The average Bonchev–Trinajstić information content (AvgIpc) is 3.05. The van der Waals surface area contributed by atoms with Crippen molar-refractivity contribution in [1.29, 1.82) is 0 Å². The summed E-state index contributed by atoms with van der Waals surface area (Å²) in [7, 11) is 4.40. The number of rotatable bonds is 21. The Bertz CT molecular complexity index is 1140. The molecular formula is C30H46N4O8Si2. The summed E-state index contributed by atoms with van der Waals surface area (Å²) in [6, 6.07) is 11.8. The maximum Gasteiger partial charge on any atom is 0.500 e. The third-order valence-corrected chi connectivity index (χ3v) is 12.5. The molecule has 44 heavy (non-hydrogen) atoms. The van der Waals surface area contributed by atoms with E-state index in [1.54, 1.807) is 91.8 Å². The molecule has 0 aromatic heterocycles. The van der Waals surface area contributed by atoms with Crippen LogP contribution in [0.1, 0.15) is 35.1 Å². The minimum Gasteiger partial charge on any atom is -0.507 e. The number of aromatic hydroxyl groups is 2. The van der Waals surface area contributed by atoms with Crippen LogP contribution >= 0.6 is 0 Å². The van der Waals surface area contributed by atoms with Crippen molar-refractivity contribution in [3.8, 4) is 11.5 Å². The molecule has 0 saturated heterocycles. The zero-order chi connectivity index (χ0) is 32.3. The molecule has 0 aliphatic heterocycles. The number of nitrogens with zero attached hydrogens (tertiary/aromatic N) is 4. The Labute approximate surface area is 262 Å². The zero-order valence-electron chi connectivity index (χ0n) is 26.6. The van der Waals surface area contributed by atoms with E-state index in [2.05, 4.69) is 20.0 Å². The van der Waals surface area contributed by atoms with Crippen molar-refractivity contribution in [2.45, 2.75) is 24.9 Å². The molecule has 0 aliphatic carbocycles. The SMILES string of the molecule is CO[Si](CCCN=Cc1ccc(O)c(C=NCCN=Cc2cc(C=NCCC[Si](OC)(OC)OC)ccc2O)c1)(OC)OC. The number of hydrogen-bond acceptors (Lipinski definition) is 12. The molecule has 2 aromatic rings. The molecule has 14 heteroatoms. The second-order valence-electron chi connectivity index (χ2n) is 9.58. The van der Waals surface area contributed by atoms with Gasteiger partial charge >= 0.3 is 17.6 Å². The van der Waals surface area contributed by atoms with Gasteiger partial charge in [0, 0.05) is 104 Å². The molecule has 12 nitrogen and oxygen atoms in total. The van der Waals surface area contributed by atoms with Crippen molar-refractivity contribution in [2.75, 3.05) is 68.8 Å². The van der Waals surface area contributed by atoms with Crippen LogP contribution in [0.15, 0.2) is 56.4 Å². The average molecular weight is 647 g/mol. The first kappa shape index (κ1) is 37.1. The third kappa shape index (κ3) is 12.1. The van der Waals surface area contributed by atoms with E-state index in [1.165, 1.54) is 0 Å². The number of aliphatic imine (C=N–C) groups is 4. The number of phenols is 2. The molecule has 2 N–H and O–H groups in total. The largest absolute Gasteiger partial charge is 0.507 e. The van der Waals surface area contributed by atoms with Crippen molar-refractivity contribution >= 4 is 42.5 Å². The van der Waals surface area contributed by atoms with E-state index in [9.17, 15) is 10.2 Å². The highest BCUT2D eigenvalue weighted by molar-refractivity contribution is 6.60. The zero-order valence-corrected chi connectivity index (χ0v) is 28.6. The second-order valence-corrected chi connectivity index (χ2v) is 15.8. The summed E-state index contributed by atoms with van der Waals surface area (Å²) in [5, 5.41) is 20.5. The van der Waals surface area contributed by atoms with E-state index in [4.69, 9.17) is 26.6 Å². The van der Waals surface area contributed by atoms with E-state index in [0.29, 0.717) is 49.4 Å². The molecule has 0 spiro atoms. The van der Waals surface area contributed by atoms with Gasteiger partial charge in [0.2, 0.25) is 0 Å². The Hall–Kier alpha value is -3.09. The smallest absolute Gasteiger partial charge is 0.500 e. The summed E-state index contributed by atoms with van der Waals surface area (Å²) in [4.78, 5) is 17.7. The van der Waals surface area contributed by atoms with E-state index in [-0.39, 0.29) is 11.5 Å². The van der Waals surface area contributed by atoms with Gasteiger partial charge in [-0.15, -0.1) is 0 Å². The van der Waals surface area contributed by atoms with Crippen LogP contribution in [-0.2, 0) is 26.6 Å². The third-order valence-electron chi connectivity index (χ3n) is 6.81. The quantitative estimate of drug-likeness (QED) is 0.118. The number of benzene rings is 2. The van der Waals surface area contributed by atoms with Gasteiger partial charge in [-0.2, -0.15) is 0 Å². The van der Waals surface area contributed by atoms with Crippen LogP contribution in [0.5, 0.6) is 11.5 Å². The topological polar surface area (TPSA) is 145 Å². The van der Waals surface area contributed by atoms with Crippen LogP contribution in [0.4, 0.5) is 0 Å². The molecule has 0 fully saturated rings. The molecule has 2 rings (SSSR count). The van der Waals surface area contributed by atoms with Gasteiger partial charge in [-0.1, -0.05) is 0 Å². The van der Waals surface area contributed by atoms with Gasteiger partial charge in [0.15, 0.2) is 0 Å². The summed E-state index contributed by atoms with van der Waals surface area (Å²) in [6.45, 7) is 2.02. The lowest BCUT2D eigenvalue weighted by Gasteiger charge is -2.23. The fourth-order valence-electron chi connectivity index (χ4n) is 4.18. The first-order valence-electron chi connectivity index (χ1n) is 14.3. The van der Waals surface area contributed by atoms with Crippen molar-refractivity contribution in [1.82, 2.24) is 0 Å². The molecule has 0 bridgehead atoms. The highest BCUT2D eigenvalue weighted by Gasteiger charge is 2.37. The minimum absolute atomic E-state index is 0.131. The highest BCUT2D eigenvalue weighted by atomic mass is 28.4. The van der Waals surface area contributed by atoms with Gasteiger partial charge in [-0.25, -0.2) is 0 Å². The second kappa shape index (κ2) is 20.0. The summed E-state index contributed by atoms with van der Waals surface area (Å²) >= 11 is 0.